The Morgan fingerprint density at radius 1 is 1.30 bits per heavy atom. The van der Waals surface area contributed by atoms with Gasteiger partial charge < -0.3 is 15.4 Å². The molecular weight excluding hydrogens is 252 g/mol. The zero-order valence-electron chi connectivity index (χ0n) is 11.4. The molecule has 106 valence electrons. The Morgan fingerprint density at radius 2 is 2.15 bits per heavy atom. The molecule has 1 aliphatic rings. The summed E-state index contributed by atoms with van der Waals surface area (Å²) < 4.78 is 0. The summed E-state index contributed by atoms with van der Waals surface area (Å²) in [7, 11) is 0. The second-order valence-electron chi connectivity index (χ2n) is 5.59. The molecule has 0 spiro atoms. The molecule has 3 rings (SSSR count). The van der Waals surface area contributed by atoms with Crippen molar-refractivity contribution in [3.63, 3.8) is 0 Å². The van der Waals surface area contributed by atoms with Gasteiger partial charge in [0.25, 0.3) is 5.91 Å². The summed E-state index contributed by atoms with van der Waals surface area (Å²) in [6, 6.07) is 7.63. The Balaban J connectivity index is 1.69. The molecular formula is C16H20N2O2. The number of aromatic nitrogens is 1. The lowest BCUT2D eigenvalue weighted by atomic mass is 9.97. The van der Waals surface area contributed by atoms with E-state index in [1.807, 2.05) is 30.5 Å². The summed E-state index contributed by atoms with van der Waals surface area (Å²) in [5.41, 5.74) is 1.69. The fourth-order valence-electron chi connectivity index (χ4n) is 3.23. The Hall–Kier alpha value is -1.81. The largest absolute Gasteiger partial charge is 0.396 e. The summed E-state index contributed by atoms with van der Waals surface area (Å²) in [5, 5.41) is 13.3. The number of nitrogens with one attached hydrogen (secondary N) is 2. The molecule has 1 aliphatic carbocycles. The zero-order valence-corrected chi connectivity index (χ0v) is 11.4. The first-order chi connectivity index (χ1) is 9.79. The third kappa shape index (κ3) is 2.43. The number of fused-ring (bicyclic) bond motifs is 1. The van der Waals surface area contributed by atoms with Crippen LogP contribution in [0, 0.1) is 11.8 Å². The zero-order chi connectivity index (χ0) is 13.9. The first-order valence-corrected chi connectivity index (χ1v) is 7.24. The predicted octanol–water partition coefficient (Wildman–Crippen LogP) is 2.31. The van der Waals surface area contributed by atoms with Gasteiger partial charge in [0.2, 0.25) is 0 Å². The van der Waals surface area contributed by atoms with E-state index in [1.165, 1.54) is 0 Å². The maximum atomic E-state index is 12.3. The van der Waals surface area contributed by atoms with Gasteiger partial charge in [-0.05, 0) is 42.9 Å². The van der Waals surface area contributed by atoms with Crippen LogP contribution >= 0.6 is 0 Å². The van der Waals surface area contributed by atoms with E-state index in [2.05, 4.69) is 10.3 Å². The summed E-state index contributed by atoms with van der Waals surface area (Å²) >= 11 is 0. The van der Waals surface area contributed by atoms with Crippen LogP contribution in [0.3, 0.4) is 0 Å². The van der Waals surface area contributed by atoms with Crippen molar-refractivity contribution in [3.05, 3.63) is 36.0 Å². The predicted molar refractivity (Wildman–Crippen MR) is 78.5 cm³/mol. The van der Waals surface area contributed by atoms with E-state index >= 15 is 0 Å². The standard InChI is InChI=1S/C16H20N2O2/c19-10-12-4-1-3-11(12)9-18-16(20)14-5-2-6-15-13(14)7-8-17-15/h2,5-8,11-12,17,19H,1,3-4,9-10H2,(H,18,20). The SMILES string of the molecule is O=C(NCC1CCCC1CO)c1cccc2[nH]ccc12. The number of benzene rings is 1. The fourth-order valence-corrected chi connectivity index (χ4v) is 3.23. The van der Waals surface area contributed by atoms with E-state index in [4.69, 9.17) is 0 Å². The Morgan fingerprint density at radius 3 is 3.00 bits per heavy atom. The summed E-state index contributed by atoms with van der Waals surface area (Å²) in [4.78, 5) is 15.4. The highest BCUT2D eigenvalue weighted by molar-refractivity contribution is 6.06. The third-order valence-corrected chi connectivity index (χ3v) is 4.42. The van der Waals surface area contributed by atoms with Crippen LogP contribution in [-0.4, -0.2) is 29.1 Å². The van der Waals surface area contributed by atoms with Gasteiger partial charge in [0.05, 0.1) is 0 Å². The normalized spacial score (nSPS) is 22.2. The van der Waals surface area contributed by atoms with Gasteiger partial charge in [-0.2, -0.15) is 0 Å². The van der Waals surface area contributed by atoms with E-state index in [0.717, 1.165) is 30.2 Å². The molecule has 2 atom stereocenters. The minimum Gasteiger partial charge on any atom is -0.396 e. The number of rotatable bonds is 4. The molecule has 1 aromatic heterocycles. The van der Waals surface area contributed by atoms with Gasteiger partial charge in [0, 0.05) is 35.8 Å². The van der Waals surface area contributed by atoms with Gasteiger partial charge in [-0.15, -0.1) is 0 Å². The monoisotopic (exact) mass is 272 g/mol. The quantitative estimate of drug-likeness (QED) is 0.799. The number of carbonyl (C=O) groups is 1. The van der Waals surface area contributed by atoms with Crippen molar-refractivity contribution in [2.24, 2.45) is 11.8 Å². The molecule has 1 saturated carbocycles. The highest BCUT2D eigenvalue weighted by atomic mass is 16.3. The average molecular weight is 272 g/mol. The highest BCUT2D eigenvalue weighted by Gasteiger charge is 2.26. The number of aliphatic hydroxyl groups excluding tert-OH is 1. The van der Waals surface area contributed by atoms with E-state index in [1.54, 1.807) is 0 Å². The Kier molecular flexibility index (Phi) is 3.74. The Labute approximate surface area is 118 Å². The van der Waals surface area contributed by atoms with Crippen molar-refractivity contribution in [1.82, 2.24) is 10.3 Å². The second kappa shape index (κ2) is 5.67. The van der Waals surface area contributed by atoms with Crippen LogP contribution < -0.4 is 5.32 Å². The molecule has 1 aromatic carbocycles. The highest BCUT2D eigenvalue weighted by Crippen LogP contribution is 2.30. The lowest BCUT2D eigenvalue weighted by molar-refractivity contribution is 0.0939. The van der Waals surface area contributed by atoms with E-state index in [9.17, 15) is 9.90 Å². The fraction of sp³-hybridized carbons (Fsp3) is 0.438. The Bertz CT molecular complexity index is 605. The number of hydrogen-bond acceptors (Lipinski definition) is 2. The number of H-pyrrole nitrogens is 1. The lowest BCUT2D eigenvalue weighted by Crippen LogP contribution is -2.31. The number of hydrogen-bond donors (Lipinski definition) is 3. The van der Waals surface area contributed by atoms with Crippen molar-refractivity contribution >= 4 is 16.8 Å². The van der Waals surface area contributed by atoms with Crippen LogP contribution in [0.2, 0.25) is 0 Å². The van der Waals surface area contributed by atoms with Crippen LogP contribution in [0.4, 0.5) is 0 Å². The van der Waals surface area contributed by atoms with Crippen molar-refractivity contribution in [2.45, 2.75) is 19.3 Å². The molecule has 0 aliphatic heterocycles. The molecule has 2 aromatic rings. The number of aromatic amines is 1. The molecule has 4 nitrogen and oxygen atoms in total. The number of amides is 1. The molecule has 1 amide bonds. The lowest BCUT2D eigenvalue weighted by Gasteiger charge is -2.17. The van der Waals surface area contributed by atoms with Gasteiger partial charge in [-0.25, -0.2) is 0 Å². The van der Waals surface area contributed by atoms with E-state index in [0.29, 0.717) is 23.9 Å². The molecule has 1 heterocycles. The summed E-state index contributed by atoms with van der Waals surface area (Å²) in [5.74, 6) is 0.728. The first-order valence-electron chi connectivity index (χ1n) is 7.24. The summed E-state index contributed by atoms with van der Waals surface area (Å²) in [6.07, 6.45) is 5.17. The molecule has 0 bridgehead atoms. The summed E-state index contributed by atoms with van der Waals surface area (Å²) in [6.45, 7) is 0.888. The minimum absolute atomic E-state index is 0.0289. The van der Waals surface area contributed by atoms with E-state index in [-0.39, 0.29) is 12.5 Å². The van der Waals surface area contributed by atoms with Crippen LogP contribution in [0.25, 0.3) is 10.9 Å². The van der Waals surface area contributed by atoms with Crippen molar-refractivity contribution < 1.29 is 9.90 Å². The van der Waals surface area contributed by atoms with Crippen LogP contribution in [-0.2, 0) is 0 Å². The van der Waals surface area contributed by atoms with Crippen LogP contribution in [0.5, 0.6) is 0 Å². The van der Waals surface area contributed by atoms with Crippen LogP contribution in [0.1, 0.15) is 29.6 Å². The smallest absolute Gasteiger partial charge is 0.251 e. The van der Waals surface area contributed by atoms with Gasteiger partial charge in [-0.1, -0.05) is 12.5 Å². The molecule has 4 heteroatoms. The van der Waals surface area contributed by atoms with Gasteiger partial charge in [-0.3, -0.25) is 4.79 Å². The minimum atomic E-state index is -0.0289. The molecule has 1 fully saturated rings. The van der Waals surface area contributed by atoms with Gasteiger partial charge >= 0.3 is 0 Å². The van der Waals surface area contributed by atoms with Gasteiger partial charge in [0.15, 0.2) is 0 Å². The molecule has 2 unspecified atom stereocenters. The topological polar surface area (TPSA) is 65.1 Å². The van der Waals surface area contributed by atoms with Crippen molar-refractivity contribution in [1.29, 1.82) is 0 Å². The maximum Gasteiger partial charge on any atom is 0.251 e. The number of carbonyl (C=O) groups excluding carboxylic acids is 1. The second-order valence-corrected chi connectivity index (χ2v) is 5.59. The van der Waals surface area contributed by atoms with Crippen molar-refractivity contribution in [2.75, 3.05) is 13.2 Å². The first kappa shape index (κ1) is 13.2. The maximum absolute atomic E-state index is 12.3. The number of aliphatic hydroxyl groups is 1. The molecule has 0 saturated heterocycles. The molecule has 20 heavy (non-hydrogen) atoms. The molecule has 0 radical (unpaired) electrons. The van der Waals surface area contributed by atoms with Crippen molar-refractivity contribution in [3.8, 4) is 0 Å². The van der Waals surface area contributed by atoms with Gasteiger partial charge in [0.1, 0.15) is 0 Å². The van der Waals surface area contributed by atoms with Crippen LogP contribution in [0.15, 0.2) is 30.5 Å². The third-order valence-electron chi connectivity index (χ3n) is 4.42. The van der Waals surface area contributed by atoms with E-state index < -0.39 is 0 Å². The molecule has 3 N–H and O–H groups in total. The average Bonchev–Trinajstić information content (AvgIpc) is 3.12.